The molecule has 0 saturated heterocycles. The Kier molecular flexibility index (Phi) is 21.9. The lowest BCUT2D eigenvalue weighted by molar-refractivity contribution is -0.567. The van der Waals surface area contributed by atoms with Crippen molar-refractivity contribution in [3.63, 3.8) is 0 Å². The van der Waals surface area contributed by atoms with Crippen LogP contribution in [0.15, 0.2) is 0 Å². The molecule has 0 aromatic rings. The highest BCUT2D eigenvalue weighted by Crippen LogP contribution is 2.26. The number of primary amides is 1. The van der Waals surface area contributed by atoms with Crippen LogP contribution in [0.3, 0.4) is 0 Å². The summed E-state index contributed by atoms with van der Waals surface area (Å²) in [5.74, 6) is -2.64. The van der Waals surface area contributed by atoms with Crippen LogP contribution in [0.5, 0.6) is 0 Å². The third-order valence-electron chi connectivity index (χ3n) is 10.3. The van der Waals surface area contributed by atoms with E-state index in [-0.39, 0.29) is 134 Å². The van der Waals surface area contributed by atoms with Gasteiger partial charge in [0.05, 0.1) is 0 Å². The summed E-state index contributed by atoms with van der Waals surface area (Å²) in [5, 5.41) is 54.8. The second-order valence-electron chi connectivity index (χ2n) is 18.7. The minimum Gasteiger partial charge on any atom is -0.396 e. The number of hydrogen-bond acceptors (Lipinski definition) is 11. The van der Waals surface area contributed by atoms with Gasteiger partial charge in [-0.2, -0.15) is 0 Å². The van der Waals surface area contributed by atoms with Crippen LogP contribution in [0.4, 0.5) is 0 Å². The molecule has 6 amide bonds. The summed E-state index contributed by atoms with van der Waals surface area (Å²) in [6.07, 6.45) is -0.579. The molecule has 0 spiro atoms. The molecular weight excluding hydrogens is 742 g/mol. The highest BCUT2D eigenvalue weighted by atomic mass is 16.6. The summed E-state index contributed by atoms with van der Waals surface area (Å²) in [5.41, 5.74) is -0.0475. The maximum atomic E-state index is 13.4. The van der Waals surface area contributed by atoms with Crippen LogP contribution in [0.1, 0.15) is 139 Å². The molecule has 0 radical (unpaired) electrons. The Morgan fingerprint density at radius 2 is 0.754 bits per heavy atom. The first-order valence-corrected chi connectivity index (χ1v) is 19.7. The average molecular weight is 816 g/mol. The van der Waals surface area contributed by atoms with Crippen molar-refractivity contribution in [1.29, 1.82) is 0 Å². The fourth-order valence-corrected chi connectivity index (χ4v) is 5.39. The van der Waals surface area contributed by atoms with Crippen molar-refractivity contribution in [2.24, 2.45) is 22.0 Å². The predicted octanol–water partition coefficient (Wildman–Crippen LogP) is 1.34. The maximum Gasteiger partial charge on any atom is 0.220 e. The van der Waals surface area contributed by atoms with Crippen LogP contribution < -0.4 is 32.3 Å². The number of carbonyl (C=O) groups excluding carboxylic acids is 6. The van der Waals surface area contributed by atoms with Crippen LogP contribution in [0.25, 0.3) is 0 Å². The molecule has 0 fully saturated rings. The number of nitrogens with two attached hydrogens (primary N) is 1. The molecule has 0 aliphatic heterocycles. The zero-order valence-electron chi connectivity index (χ0n) is 35.9. The minimum atomic E-state index is -1.69. The molecule has 0 bridgehead atoms. The van der Waals surface area contributed by atoms with E-state index in [0.717, 1.165) is 0 Å². The molecule has 10 N–H and O–H groups in total. The summed E-state index contributed by atoms with van der Waals surface area (Å²) in [6, 6.07) is 0. The van der Waals surface area contributed by atoms with Gasteiger partial charge >= 0.3 is 0 Å². The fraction of sp³-hybridized carbons (Fsp3) is 0.846. The molecule has 0 aliphatic carbocycles. The van der Waals surface area contributed by atoms with E-state index in [9.17, 15) is 54.2 Å². The van der Waals surface area contributed by atoms with Crippen LogP contribution in [-0.2, 0) is 28.8 Å². The van der Waals surface area contributed by atoms with E-state index < -0.39 is 55.5 Å². The standard InChI is InChI=1S/C39H73N7O11/c1-34(2,25-47)22-41-29(51)11-17-37(7,16-10-28(40)50)44-32(54)14-20-39(9,46(56)57)21-15-33(55)45-38(8,18-12-30(52)42-23-35(3,4)26-48)19-13-31(53)43-24-36(5,6)27-49/h47-49H,10-27H2,1-9H3,(H2,40,50)(H,41,51)(H,42,52)(H,43,53)(H,44,54)(H,45,55). The Morgan fingerprint density at radius 3 is 1.00 bits per heavy atom. The van der Waals surface area contributed by atoms with Gasteiger partial charge in [-0.15, -0.1) is 0 Å². The molecule has 18 heteroatoms. The number of aliphatic hydroxyl groups excluding tert-OH is 3. The average Bonchev–Trinajstić information content (AvgIpc) is 3.13. The van der Waals surface area contributed by atoms with Crippen molar-refractivity contribution >= 4 is 35.4 Å². The summed E-state index contributed by atoms with van der Waals surface area (Å²) in [4.78, 5) is 87.8. The summed E-state index contributed by atoms with van der Waals surface area (Å²) >= 11 is 0. The molecule has 0 heterocycles. The normalized spacial score (nSPS) is 14.4. The number of rotatable bonds is 30. The molecule has 57 heavy (non-hydrogen) atoms. The zero-order chi connectivity index (χ0) is 44.3. The number of hydrogen-bond donors (Lipinski definition) is 9. The molecule has 0 aromatic carbocycles. The largest absolute Gasteiger partial charge is 0.396 e. The van der Waals surface area contributed by atoms with Crippen LogP contribution in [-0.4, -0.2) is 112 Å². The zero-order valence-corrected chi connectivity index (χ0v) is 35.9. The summed E-state index contributed by atoms with van der Waals surface area (Å²) in [6.45, 7) is 15.7. The van der Waals surface area contributed by atoms with Crippen LogP contribution in [0, 0.1) is 26.4 Å². The molecule has 2 atom stereocenters. The van der Waals surface area contributed by atoms with Crippen molar-refractivity contribution in [3.8, 4) is 0 Å². The minimum absolute atomic E-state index is 0.00315. The van der Waals surface area contributed by atoms with E-state index in [4.69, 9.17) is 5.73 Å². The van der Waals surface area contributed by atoms with Gasteiger partial charge in [0, 0.05) is 130 Å². The Bertz CT molecular complexity index is 1340. The van der Waals surface area contributed by atoms with Gasteiger partial charge in [0.2, 0.25) is 41.0 Å². The number of carbonyl (C=O) groups is 6. The van der Waals surface area contributed by atoms with Gasteiger partial charge < -0.3 is 47.6 Å². The van der Waals surface area contributed by atoms with Crippen molar-refractivity contribution in [1.82, 2.24) is 26.6 Å². The van der Waals surface area contributed by atoms with E-state index in [0.29, 0.717) is 0 Å². The van der Waals surface area contributed by atoms with Crippen LogP contribution >= 0.6 is 0 Å². The Morgan fingerprint density at radius 1 is 0.491 bits per heavy atom. The van der Waals surface area contributed by atoms with E-state index in [1.165, 1.54) is 6.92 Å². The lowest BCUT2D eigenvalue weighted by Gasteiger charge is -2.32. The molecule has 18 nitrogen and oxygen atoms in total. The first-order valence-electron chi connectivity index (χ1n) is 19.7. The van der Waals surface area contributed by atoms with Gasteiger partial charge in [-0.1, -0.05) is 41.5 Å². The number of nitrogens with zero attached hydrogens (tertiary/aromatic N) is 1. The summed E-state index contributed by atoms with van der Waals surface area (Å²) < 4.78 is 0. The Labute approximate surface area is 338 Å². The highest BCUT2D eigenvalue weighted by Gasteiger charge is 2.39. The van der Waals surface area contributed by atoms with Crippen molar-refractivity contribution in [3.05, 3.63) is 10.1 Å². The van der Waals surface area contributed by atoms with Gasteiger partial charge in [-0.25, -0.2) is 0 Å². The maximum absolute atomic E-state index is 13.4. The van der Waals surface area contributed by atoms with E-state index in [1.807, 2.05) is 0 Å². The van der Waals surface area contributed by atoms with Gasteiger partial charge in [0.1, 0.15) is 0 Å². The van der Waals surface area contributed by atoms with E-state index in [2.05, 4.69) is 26.6 Å². The van der Waals surface area contributed by atoms with Crippen molar-refractivity contribution in [2.75, 3.05) is 39.5 Å². The third-order valence-corrected chi connectivity index (χ3v) is 10.3. The van der Waals surface area contributed by atoms with Gasteiger partial charge in [0.25, 0.3) is 0 Å². The molecule has 330 valence electrons. The lowest BCUT2D eigenvalue weighted by atomic mass is 9.87. The quantitative estimate of drug-likeness (QED) is 0.0368. The third kappa shape index (κ3) is 23.2. The molecular formula is C39H73N7O11. The number of aliphatic hydroxyl groups is 3. The number of nitro groups is 1. The molecule has 2 unspecified atom stereocenters. The SMILES string of the molecule is CC(C)(CO)CNC(=O)CCC(C)(CCC(N)=O)NC(=O)CCC(C)(CCC(=O)NC(C)(CCC(=O)NCC(C)(C)CO)CCC(=O)NCC(C)(C)CO)[N+](=O)[O-]. The topological polar surface area (TPSA) is 292 Å². The first kappa shape index (κ1) is 53.1. The van der Waals surface area contributed by atoms with Crippen molar-refractivity contribution < 1.29 is 49.0 Å². The number of amides is 6. The van der Waals surface area contributed by atoms with E-state index in [1.54, 1.807) is 55.4 Å². The highest BCUT2D eigenvalue weighted by molar-refractivity contribution is 5.80. The second kappa shape index (κ2) is 23.5. The lowest BCUT2D eigenvalue weighted by Crippen LogP contribution is -2.49. The second-order valence-corrected chi connectivity index (χ2v) is 18.7. The van der Waals surface area contributed by atoms with Gasteiger partial charge in [-0.05, 0) is 39.5 Å². The molecule has 0 aromatic heterocycles. The first-order chi connectivity index (χ1) is 26.0. The molecule has 0 rings (SSSR count). The van der Waals surface area contributed by atoms with Crippen LogP contribution in [0.2, 0.25) is 0 Å². The fourth-order valence-electron chi connectivity index (χ4n) is 5.39. The smallest absolute Gasteiger partial charge is 0.220 e. The van der Waals surface area contributed by atoms with Gasteiger partial charge in [-0.3, -0.25) is 38.9 Å². The molecule has 0 saturated carbocycles. The monoisotopic (exact) mass is 816 g/mol. The Balaban J connectivity index is 5.69. The predicted molar refractivity (Wildman–Crippen MR) is 215 cm³/mol. The Hall–Kier alpha value is -3.90. The van der Waals surface area contributed by atoms with E-state index >= 15 is 0 Å². The summed E-state index contributed by atoms with van der Waals surface area (Å²) in [7, 11) is 0. The molecule has 0 aliphatic rings. The number of nitrogens with one attached hydrogen (secondary N) is 5. The van der Waals surface area contributed by atoms with Gasteiger partial charge in [0.15, 0.2) is 0 Å². The van der Waals surface area contributed by atoms with Crippen molar-refractivity contribution in [2.45, 2.75) is 156 Å².